The molecule has 4 saturated carbocycles. The van der Waals surface area contributed by atoms with Crippen molar-refractivity contribution < 1.29 is 9.59 Å². The van der Waals surface area contributed by atoms with E-state index in [9.17, 15) is 9.59 Å². The predicted molar refractivity (Wildman–Crippen MR) is 107 cm³/mol. The molecule has 0 saturated heterocycles. The van der Waals surface area contributed by atoms with Crippen molar-refractivity contribution in [2.24, 2.45) is 17.8 Å². The SMILES string of the molecule is CCCNc1nnc(SCC(=O)NC(=O)NC23CC4CC(CC(C4)C2)C3)s1. The monoisotopic (exact) mass is 409 g/mol. The van der Waals surface area contributed by atoms with Gasteiger partial charge in [-0.2, -0.15) is 0 Å². The first-order chi connectivity index (χ1) is 13.0. The van der Waals surface area contributed by atoms with Gasteiger partial charge < -0.3 is 10.6 Å². The Bertz CT molecular complexity index is 672. The zero-order chi connectivity index (χ0) is 18.9. The Hall–Kier alpha value is -1.35. The molecule has 1 aromatic rings. The van der Waals surface area contributed by atoms with Crippen LogP contribution in [-0.2, 0) is 4.79 Å². The van der Waals surface area contributed by atoms with Crippen molar-refractivity contribution in [3.63, 3.8) is 0 Å². The van der Waals surface area contributed by atoms with Crippen molar-refractivity contribution in [2.75, 3.05) is 17.6 Å². The molecule has 1 aromatic heterocycles. The normalized spacial score (nSPS) is 30.9. The first kappa shape index (κ1) is 19.0. The zero-order valence-corrected chi connectivity index (χ0v) is 17.3. The maximum absolute atomic E-state index is 12.4. The zero-order valence-electron chi connectivity index (χ0n) is 15.6. The maximum atomic E-state index is 12.4. The van der Waals surface area contributed by atoms with Gasteiger partial charge in [-0.3, -0.25) is 10.1 Å². The third-order valence-electron chi connectivity index (χ3n) is 5.93. The van der Waals surface area contributed by atoms with E-state index in [4.69, 9.17) is 0 Å². The van der Waals surface area contributed by atoms with Gasteiger partial charge in [-0.15, -0.1) is 10.2 Å². The molecule has 4 aliphatic rings. The molecule has 0 spiro atoms. The van der Waals surface area contributed by atoms with E-state index >= 15 is 0 Å². The van der Waals surface area contributed by atoms with Crippen molar-refractivity contribution in [3.05, 3.63) is 0 Å². The highest BCUT2D eigenvalue weighted by Gasteiger charge is 2.51. The molecule has 148 valence electrons. The van der Waals surface area contributed by atoms with Gasteiger partial charge in [0.25, 0.3) is 0 Å². The summed E-state index contributed by atoms with van der Waals surface area (Å²) in [6.45, 7) is 2.94. The van der Waals surface area contributed by atoms with Crippen LogP contribution in [0.4, 0.5) is 9.93 Å². The van der Waals surface area contributed by atoms with Gasteiger partial charge in [-0.25, -0.2) is 4.79 Å². The van der Waals surface area contributed by atoms with Gasteiger partial charge in [-0.1, -0.05) is 30.0 Å². The second-order valence-electron chi connectivity index (χ2n) is 8.29. The summed E-state index contributed by atoms with van der Waals surface area (Å²) in [6.07, 6.45) is 8.23. The number of thioether (sulfide) groups is 1. The van der Waals surface area contributed by atoms with E-state index in [0.717, 1.165) is 59.5 Å². The quantitative estimate of drug-likeness (QED) is 0.598. The summed E-state index contributed by atoms with van der Waals surface area (Å²) in [6, 6.07) is -0.342. The average molecular weight is 410 g/mol. The Morgan fingerprint density at radius 2 is 1.81 bits per heavy atom. The molecule has 9 heteroatoms. The second-order valence-corrected chi connectivity index (χ2v) is 10.5. The molecule has 0 unspecified atom stereocenters. The topological polar surface area (TPSA) is 96.0 Å². The number of nitrogens with zero attached hydrogens (tertiary/aromatic N) is 2. The molecule has 0 radical (unpaired) electrons. The molecule has 27 heavy (non-hydrogen) atoms. The predicted octanol–water partition coefficient (Wildman–Crippen LogP) is 3.25. The van der Waals surface area contributed by atoms with Crippen LogP contribution in [-0.4, -0.2) is 40.0 Å². The van der Waals surface area contributed by atoms with Crippen LogP contribution in [0.2, 0.25) is 0 Å². The lowest BCUT2D eigenvalue weighted by atomic mass is 9.53. The van der Waals surface area contributed by atoms with Crippen molar-refractivity contribution >= 4 is 40.2 Å². The van der Waals surface area contributed by atoms with Gasteiger partial charge in [0.15, 0.2) is 4.34 Å². The van der Waals surface area contributed by atoms with Crippen molar-refractivity contribution in [3.8, 4) is 0 Å². The molecule has 4 bridgehead atoms. The van der Waals surface area contributed by atoms with Crippen LogP contribution in [0, 0.1) is 17.8 Å². The number of urea groups is 1. The number of nitrogens with one attached hydrogen (secondary N) is 3. The smallest absolute Gasteiger partial charge is 0.321 e. The summed E-state index contributed by atoms with van der Waals surface area (Å²) >= 11 is 2.73. The highest BCUT2D eigenvalue weighted by molar-refractivity contribution is 8.01. The Labute approximate surface area is 167 Å². The Morgan fingerprint density at radius 3 is 2.44 bits per heavy atom. The van der Waals surface area contributed by atoms with E-state index < -0.39 is 0 Å². The molecule has 3 amide bonds. The highest BCUT2D eigenvalue weighted by atomic mass is 32.2. The number of hydrogen-bond acceptors (Lipinski definition) is 7. The summed E-state index contributed by atoms with van der Waals surface area (Å²) in [4.78, 5) is 24.5. The number of carbonyl (C=O) groups excluding carboxylic acids is 2. The molecule has 7 nitrogen and oxygen atoms in total. The lowest BCUT2D eigenvalue weighted by Gasteiger charge is -2.56. The van der Waals surface area contributed by atoms with E-state index in [1.165, 1.54) is 42.4 Å². The number of rotatable bonds is 7. The van der Waals surface area contributed by atoms with Crippen molar-refractivity contribution in [1.82, 2.24) is 20.8 Å². The minimum absolute atomic E-state index is 0.0780. The largest absolute Gasteiger partial charge is 0.360 e. The van der Waals surface area contributed by atoms with E-state index in [1.807, 2.05) is 0 Å². The van der Waals surface area contributed by atoms with Crippen molar-refractivity contribution in [2.45, 2.75) is 61.7 Å². The van der Waals surface area contributed by atoms with Crippen LogP contribution >= 0.6 is 23.1 Å². The van der Waals surface area contributed by atoms with Crippen molar-refractivity contribution in [1.29, 1.82) is 0 Å². The third kappa shape index (κ3) is 4.56. The van der Waals surface area contributed by atoms with Gasteiger partial charge >= 0.3 is 6.03 Å². The number of aromatic nitrogens is 2. The van der Waals surface area contributed by atoms with Gasteiger partial charge in [0.1, 0.15) is 0 Å². The average Bonchev–Trinajstić information content (AvgIpc) is 3.04. The standard InChI is InChI=1S/C18H27N5O2S2/c1-2-3-19-16-22-23-17(27-16)26-10-14(24)20-15(25)21-18-7-11-4-12(8-18)6-13(5-11)9-18/h11-13H,2-10H2,1H3,(H,19,22)(H2,20,21,24,25). The van der Waals surface area contributed by atoms with Crippen LogP contribution < -0.4 is 16.0 Å². The summed E-state index contributed by atoms with van der Waals surface area (Å²) in [7, 11) is 0. The Balaban J connectivity index is 1.23. The van der Waals surface area contributed by atoms with Crippen LogP contribution in [0.25, 0.3) is 0 Å². The van der Waals surface area contributed by atoms with Gasteiger partial charge in [-0.05, 0) is 62.7 Å². The molecule has 0 aliphatic heterocycles. The lowest BCUT2D eigenvalue weighted by Crippen LogP contribution is -2.61. The van der Waals surface area contributed by atoms with E-state index in [-0.39, 0.29) is 23.2 Å². The number of amides is 3. The molecule has 0 atom stereocenters. The minimum Gasteiger partial charge on any atom is -0.360 e. The lowest BCUT2D eigenvalue weighted by molar-refractivity contribution is -0.117. The fraction of sp³-hybridized carbons (Fsp3) is 0.778. The summed E-state index contributed by atoms with van der Waals surface area (Å²) < 4.78 is 0.727. The third-order valence-corrected chi connectivity index (χ3v) is 7.94. The molecular formula is C18H27N5O2S2. The maximum Gasteiger partial charge on any atom is 0.321 e. The first-order valence-corrected chi connectivity index (χ1v) is 11.7. The molecule has 1 heterocycles. The molecule has 0 aromatic carbocycles. The summed E-state index contributed by atoms with van der Waals surface area (Å²) in [5, 5.41) is 17.7. The number of carbonyl (C=O) groups is 2. The fourth-order valence-electron chi connectivity index (χ4n) is 5.40. The Kier molecular flexibility index (Phi) is 5.59. The number of imide groups is 1. The Morgan fingerprint density at radius 1 is 1.15 bits per heavy atom. The first-order valence-electron chi connectivity index (χ1n) is 9.86. The molecule has 4 aliphatic carbocycles. The molecule has 4 fully saturated rings. The van der Waals surface area contributed by atoms with E-state index in [2.05, 4.69) is 33.1 Å². The van der Waals surface area contributed by atoms with Crippen LogP contribution in [0.3, 0.4) is 0 Å². The summed E-state index contributed by atoms with van der Waals surface area (Å²) in [5.74, 6) is 2.15. The number of anilines is 1. The van der Waals surface area contributed by atoms with Crippen LogP contribution in [0.1, 0.15) is 51.9 Å². The van der Waals surface area contributed by atoms with E-state index in [0.29, 0.717) is 0 Å². The van der Waals surface area contributed by atoms with Gasteiger partial charge in [0.05, 0.1) is 5.75 Å². The van der Waals surface area contributed by atoms with Gasteiger partial charge in [0.2, 0.25) is 11.0 Å². The summed E-state index contributed by atoms with van der Waals surface area (Å²) in [5.41, 5.74) is -0.0780. The fourth-order valence-corrected chi connectivity index (χ4v) is 6.97. The van der Waals surface area contributed by atoms with E-state index in [1.54, 1.807) is 0 Å². The van der Waals surface area contributed by atoms with Gasteiger partial charge in [0, 0.05) is 12.1 Å². The minimum atomic E-state index is -0.342. The van der Waals surface area contributed by atoms with Crippen LogP contribution in [0.15, 0.2) is 4.34 Å². The molecule has 3 N–H and O–H groups in total. The highest BCUT2D eigenvalue weighted by Crippen LogP contribution is 2.55. The number of hydrogen-bond donors (Lipinski definition) is 3. The second kappa shape index (κ2) is 7.95. The van der Waals surface area contributed by atoms with Crippen LogP contribution in [0.5, 0.6) is 0 Å². The molecule has 5 rings (SSSR count). The molecular weight excluding hydrogens is 382 g/mol.